The Kier molecular flexibility index (Phi) is 9.65. The molecular formula is C25H28Cl2FN3O6. The molecule has 2 amide bonds. The number of hydrogen-bond donors (Lipinski definition) is 3. The van der Waals surface area contributed by atoms with Crippen molar-refractivity contribution in [2.45, 2.75) is 57.4 Å². The van der Waals surface area contributed by atoms with Gasteiger partial charge in [0.2, 0.25) is 5.91 Å². The van der Waals surface area contributed by atoms with Crippen LogP contribution in [0.3, 0.4) is 0 Å². The van der Waals surface area contributed by atoms with Gasteiger partial charge in [0.25, 0.3) is 5.91 Å². The van der Waals surface area contributed by atoms with E-state index in [-0.39, 0.29) is 41.6 Å². The summed E-state index contributed by atoms with van der Waals surface area (Å²) in [5.74, 6) is -2.61. The van der Waals surface area contributed by atoms with Crippen molar-refractivity contribution in [2.75, 3.05) is 0 Å². The quantitative estimate of drug-likeness (QED) is 0.334. The maximum absolute atomic E-state index is 13.6. The lowest BCUT2D eigenvalue weighted by Gasteiger charge is -2.44. The van der Waals surface area contributed by atoms with Crippen LogP contribution in [-0.4, -0.2) is 41.3 Å². The second-order valence-electron chi connectivity index (χ2n) is 9.06. The van der Waals surface area contributed by atoms with Crippen LogP contribution >= 0.6 is 24.0 Å². The topological polar surface area (TPSA) is 151 Å². The molecule has 0 aliphatic carbocycles. The molecule has 1 heterocycles. The number of benzene rings is 2. The molecule has 9 nitrogen and oxygen atoms in total. The first-order chi connectivity index (χ1) is 16.8. The zero-order valence-electron chi connectivity index (χ0n) is 20.4. The number of hydrogen-bond acceptors (Lipinski definition) is 7. The fourth-order valence-corrected chi connectivity index (χ4v) is 4.04. The number of ether oxygens (including phenoxy) is 2. The molecule has 3 atom stereocenters. The summed E-state index contributed by atoms with van der Waals surface area (Å²) in [5.41, 5.74) is 10.7. The van der Waals surface area contributed by atoms with Crippen molar-refractivity contribution < 1.29 is 33.0 Å². The molecule has 0 saturated carbocycles. The molecule has 12 heteroatoms. The molecule has 2 aromatic carbocycles. The zero-order valence-corrected chi connectivity index (χ0v) is 22.0. The molecule has 1 aliphatic rings. The van der Waals surface area contributed by atoms with Crippen LogP contribution in [0.4, 0.5) is 4.39 Å². The van der Waals surface area contributed by atoms with E-state index in [1.807, 2.05) is 0 Å². The van der Waals surface area contributed by atoms with Gasteiger partial charge in [0.05, 0.1) is 11.1 Å². The number of amides is 2. The first-order valence-electron chi connectivity index (χ1n) is 11.1. The van der Waals surface area contributed by atoms with Crippen LogP contribution in [0.15, 0.2) is 36.4 Å². The summed E-state index contributed by atoms with van der Waals surface area (Å²) < 4.78 is 25.4. The average Bonchev–Trinajstić information content (AvgIpc) is 2.80. The number of Topliss-reactive ketones (excluding diaryl/α,β-unsaturated/α-hetero) is 1. The summed E-state index contributed by atoms with van der Waals surface area (Å²) in [6.45, 7) is 4.71. The van der Waals surface area contributed by atoms with Crippen molar-refractivity contribution >= 4 is 47.6 Å². The van der Waals surface area contributed by atoms with E-state index in [2.05, 4.69) is 5.32 Å². The Bertz CT molecular complexity index is 1220. The van der Waals surface area contributed by atoms with Gasteiger partial charge in [-0.05, 0) is 63.6 Å². The predicted molar refractivity (Wildman–Crippen MR) is 136 cm³/mol. The molecule has 37 heavy (non-hydrogen) atoms. The Labute approximate surface area is 224 Å². The number of halogens is 3. The Morgan fingerprint density at radius 3 is 2.41 bits per heavy atom. The van der Waals surface area contributed by atoms with Crippen molar-refractivity contribution in [3.05, 3.63) is 63.9 Å². The average molecular weight is 556 g/mol. The second-order valence-corrected chi connectivity index (χ2v) is 9.47. The molecule has 0 spiro atoms. The lowest BCUT2D eigenvalue weighted by atomic mass is 9.85. The van der Waals surface area contributed by atoms with Gasteiger partial charge in [-0.1, -0.05) is 11.6 Å². The second kappa shape index (κ2) is 11.9. The van der Waals surface area contributed by atoms with Gasteiger partial charge in [-0.3, -0.25) is 19.2 Å². The Morgan fingerprint density at radius 1 is 1.16 bits per heavy atom. The van der Waals surface area contributed by atoms with Gasteiger partial charge in [-0.2, -0.15) is 0 Å². The predicted octanol–water partition coefficient (Wildman–Crippen LogP) is 3.25. The van der Waals surface area contributed by atoms with Gasteiger partial charge >= 0.3 is 5.97 Å². The summed E-state index contributed by atoms with van der Waals surface area (Å²) in [4.78, 5) is 49.1. The first-order valence-corrected chi connectivity index (χ1v) is 11.5. The van der Waals surface area contributed by atoms with E-state index >= 15 is 0 Å². The van der Waals surface area contributed by atoms with E-state index in [1.54, 1.807) is 32.0 Å². The van der Waals surface area contributed by atoms with Gasteiger partial charge in [-0.15, -0.1) is 12.4 Å². The van der Waals surface area contributed by atoms with Crippen LogP contribution in [0.1, 0.15) is 65.9 Å². The van der Waals surface area contributed by atoms with Crippen LogP contribution in [0.25, 0.3) is 0 Å². The maximum Gasteiger partial charge on any atom is 0.323 e. The van der Waals surface area contributed by atoms with Crippen molar-refractivity contribution in [2.24, 2.45) is 11.5 Å². The van der Waals surface area contributed by atoms with Crippen LogP contribution < -0.4 is 21.5 Å². The van der Waals surface area contributed by atoms with Crippen LogP contribution in [0.5, 0.6) is 5.75 Å². The third-order valence-electron chi connectivity index (χ3n) is 5.83. The standard InChI is InChI=1S/C25H27ClFN3O6.ClH/c1-12(31)13-5-8-19-15(10-13)21(30-23(33)14-4-6-17(27)16(26)11-14)22(25(2,3)36-19)35-24(34)18(28)7-9-20(29)32;/h4-6,8,10-11,18,21-22H,7,9,28H2,1-3H3,(H2,29,32)(H,30,33);1H/t18-,21-,22-;/m0./s1. The number of nitrogens with two attached hydrogens (primary N) is 2. The Morgan fingerprint density at radius 2 is 1.81 bits per heavy atom. The summed E-state index contributed by atoms with van der Waals surface area (Å²) in [5, 5.41) is 2.56. The van der Waals surface area contributed by atoms with E-state index < -0.39 is 47.4 Å². The lowest BCUT2D eigenvalue weighted by molar-refractivity contribution is -0.167. The van der Waals surface area contributed by atoms with Gasteiger partial charge in [-0.25, -0.2) is 4.39 Å². The van der Waals surface area contributed by atoms with E-state index in [1.165, 1.54) is 19.1 Å². The number of nitrogens with one attached hydrogen (secondary N) is 1. The zero-order chi connectivity index (χ0) is 26.8. The molecule has 2 aromatic rings. The van der Waals surface area contributed by atoms with Gasteiger partial charge in [0.1, 0.15) is 23.2 Å². The number of ketones is 1. The highest BCUT2D eigenvalue weighted by Crippen LogP contribution is 2.42. The molecule has 0 bridgehead atoms. The molecular weight excluding hydrogens is 528 g/mol. The van der Waals surface area contributed by atoms with E-state index in [0.717, 1.165) is 6.07 Å². The Hall–Kier alpha value is -3.21. The fourth-order valence-electron chi connectivity index (χ4n) is 3.86. The normalized spacial score (nSPS) is 18.3. The smallest absolute Gasteiger partial charge is 0.323 e. The number of rotatable bonds is 8. The summed E-state index contributed by atoms with van der Waals surface area (Å²) in [6.07, 6.45) is -1.24. The van der Waals surface area contributed by atoms with Crippen molar-refractivity contribution in [3.8, 4) is 5.75 Å². The molecule has 0 unspecified atom stereocenters. The summed E-state index contributed by atoms with van der Waals surface area (Å²) in [6, 6.07) is 6.09. The molecule has 0 aromatic heterocycles. The van der Waals surface area contributed by atoms with E-state index in [0.29, 0.717) is 16.9 Å². The lowest BCUT2D eigenvalue weighted by Crippen LogP contribution is -2.56. The van der Waals surface area contributed by atoms with Gasteiger partial charge in [0.15, 0.2) is 11.9 Å². The first kappa shape index (κ1) is 30.0. The largest absolute Gasteiger partial charge is 0.484 e. The SMILES string of the molecule is CC(=O)c1ccc2c(c1)[C@H](NC(=O)c1ccc(F)c(Cl)c1)[C@H](OC(=O)[C@@H](N)CCC(N)=O)C(C)(C)O2.Cl. The third kappa shape index (κ3) is 6.97. The molecule has 0 radical (unpaired) electrons. The highest BCUT2D eigenvalue weighted by Gasteiger charge is 2.48. The molecule has 1 aliphatic heterocycles. The van der Waals surface area contributed by atoms with E-state index in [9.17, 15) is 23.6 Å². The summed E-state index contributed by atoms with van der Waals surface area (Å²) >= 11 is 5.84. The number of esters is 1. The minimum Gasteiger partial charge on any atom is -0.484 e. The van der Waals surface area contributed by atoms with Crippen LogP contribution in [0.2, 0.25) is 5.02 Å². The number of primary amides is 1. The molecule has 0 fully saturated rings. The Balaban J connectivity index is 0.00000481. The number of carbonyl (C=O) groups excluding carboxylic acids is 4. The van der Waals surface area contributed by atoms with Crippen molar-refractivity contribution in [1.82, 2.24) is 5.32 Å². The molecule has 200 valence electrons. The number of carbonyl (C=O) groups is 4. The van der Waals surface area contributed by atoms with Gasteiger partial charge < -0.3 is 26.3 Å². The third-order valence-corrected chi connectivity index (χ3v) is 6.12. The fraction of sp³-hybridized carbons (Fsp3) is 0.360. The van der Waals surface area contributed by atoms with E-state index in [4.69, 9.17) is 32.5 Å². The minimum atomic E-state index is -1.15. The van der Waals surface area contributed by atoms with Crippen molar-refractivity contribution in [3.63, 3.8) is 0 Å². The molecule has 5 N–H and O–H groups in total. The van der Waals surface area contributed by atoms with Gasteiger partial charge in [0, 0.05) is 23.1 Å². The van der Waals surface area contributed by atoms with Crippen LogP contribution in [0, 0.1) is 5.82 Å². The maximum atomic E-state index is 13.6. The molecule has 0 saturated heterocycles. The highest BCUT2D eigenvalue weighted by molar-refractivity contribution is 6.31. The molecule has 3 rings (SSSR count). The highest BCUT2D eigenvalue weighted by atomic mass is 35.5. The van der Waals surface area contributed by atoms with Crippen molar-refractivity contribution in [1.29, 1.82) is 0 Å². The monoisotopic (exact) mass is 555 g/mol. The summed E-state index contributed by atoms with van der Waals surface area (Å²) in [7, 11) is 0. The number of fused-ring (bicyclic) bond motifs is 1. The van der Waals surface area contributed by atoms with Crippen LogP contribution in [-0.2, 0) is 14.3 Å². The minimum absolute atomic E-state index is 0.